The molecule has 1 aliphatic heterocycles. The van der Waals surface area contributed by atoms with Gasteiger partial charge in [-0.3, -0.25) is 0 Å². The van der Waals surface area contributed by atoms with Crippen molar-refractivity contribution >= 4 is 23.7 Å². The minimum atomic E-state index is -0.636. The number of esters is 1. The quantitative estimate of drug-likeness (QED) is 0.557. The second-order valence-electron chi connectivity index (χ2n) is 8.44. The molecule has 0 aromatic heterocycles. The topological polar surface area (TPSA) is 65.1 Å². The Hall–Kier alpha value is -2.80. The number of hydrogen-bond acceptors (Lipinski definition) is 5. The number of rotatable bonds is 5. The lowest BCUT2D eigenvalue weighted by Crippen LogP contribution is -2.40. The summed E-state index contributed by atoms with van der Waals surface area (Å²) in [6.07, 6.45) is -0.100. The fraction of sp³-hybridized carbons (Fsp3) is 0.417. The third-order valence-electron chi connectivity index (χ3n) is 4.89. The second kappa shape index (κ2) is 9.77. The first-order valence-electron chi connectivity index (χ1n) is 10.5. The monoisotopic (exact) mass is 463 g/mol. The molecule has 0 bridgehead atoms. The lowest BCUT2D eigenvalue weighted by atomic mass is 9.90. The van der Waals surface area contributed by atoms with Crippen LogP contribution in [0.25, 0.3) is 11.1 Å². The van der Waals surface area contributed by atoms with E-state index in [9.17, 15) is 14.0 Å². The van der Waals surface area contributed by atoms with Gasteiger partial charge in [0.2, 0.25) is 0 Å². The number of carbonyl (C=O) groups is 2. The van der Waals surface area contributed by atoms with Crippen LogP contribution in [0.15, 0.2) is 30.3 Å². The van der Waals surface area contributed by atoms with E-state index in [1.807, 2.05) is 0 Å². The predicted molar refractivity (Wildman–Crippen MR) is 119 cm³/mol. The molecule has 0 aliphatic carbocycles. The van der Waals surface area contributed by atoms with E-state index in [1.165, 1.54) is 6.07 Å². The van der Waals surface area contributed by atoms with Gasteiger partial charge in [-0.25, -0.2) is 14.0 Å². The normalized spacial score (nSPS) is 13.4. The van der Waals surface area contributed by atoms with Crippen molar-refractivity contribution in [2.45, 2.75) is 46.3 Å². The van der Waals surface area contributed by atoms with Crippen molar-refractivity contribution in [3.05, 3.63) is 52.3 Å². The van der Waals surface area contributed by atoms with Crippen molar-refractivity contribution in [2.24, 2.45) is 0 Å². The van der Waals surface area contributed by atoms with Crippen LogP contribution in [-0.4, -0.2) is 42.3 Å². The van der Waals surface area contributed by atoms with Gasteiger partial charge in [-0.1, -0.05) is 17.7 Å². The largest absolute Gasteiger partial charge is 0.481 e. The van der Waals surface area contributed by atoms with Crippen LogP contribution in [0, 0.1) is 5.82 Å². The summed E-state index contributed by atoms with van der Waals surface area (Å²) in [4.78, 5) is 25.9. The van der Waals surface area contributed by atoms with Crippen LogP contribution in [0.2, 0.25) is 5.02 Å². The molecule has 172 valence electrons. The van der Waals surface area contributed by atoms with Crippen molar-refractivity contribution in [3.63, 3.8) is 0 Å². The summed E-state index contributed by atoms with van der Waals surface area (Å²) in [5.41, 5.74) is 1.84. The molecule has 2 aromatic carbocycles. The summed E-state index contributed by atoms with van der Waals surface area (Å²) in [7, 11) is 0. The number of halogens is 2. The number of nitrogens with zero attached hydrogens (tertiary/aromatic N) is 1. The standard InChI is InChI=1S/C24H27ClFNO5/c1-5-30-22(28)14-31-21-9-6-15(25)12-18(21)16-7-8-20(26)17-10-11-27(13-19(16)17)23(29)32-24(2,3)4/h6-9,12H,5,10-11,13-14H2,1-4H3. The number of ether oxygens (including phenoxy) is 3. The van der Waals surface area contributed by atoms with Crippen LogP contribution in [0.4, 0.5) is 9.18 Å². The molecule has 8 heteroatoms. The maximum absolute atomic E-state index is 14.6. The molecule has 1 heterocycles. The second-order valence-corrected chi connectivity index (χ2v) is 8.87. The molecule has 0 atom stereocenters. The molecule has 2 aromatic rings. The van der Waals surface area contributed by atoms with E-state index >= 15 is 0 Å². The SMILES string of the molecule is CCOC(=O)COc1ccc(Cl)cc1-c1ccc(F)c2c1CN(C(=O)OC(C)(C)C)CC2. The van der Waals surface area contributed by atoms with Crippen LogP contribution < -0.4 is 4.74 Å². The highest BCUT2D eigenvalue weighted by Crippen LogP contribution is 2.38. The highest BCUT2D eigenvalue weighted by molar-refractivity contribution is 6.31. The van der Waals surface area contributed by atoms with Crippen molar-refractivity contribution in [3.8, 4) is 16.9 Å². The first kappa shape index (κ1) is 23.9. The molecule has 6 nitrogen and oxygen atoms in total. The molecule has 1 aliphatic rings. The molecule has 32 heavy (non-hydrogen) atoms. The van der Waals surface area contributed by atoms with Gasteiger partial charge in [0.15, 0.2) is 6.61 Å². The van der Waals surface area contributed by atoms with Gasteiger partial charge in [0, 0.05) is 23.7 Å². The molecule has 0 saturated heterocycles. The Bertz CT molecular complexity index is 1020. The number of benzene rings is 2. The Morgan fingerprint density at radius 1 is 1.12 bits per heavy atom. The van der Waals surface area contributed by atoms with Crippen molar-refractivity contribution < 1.29 is 28.2 Å². The third kappa shape index (κ3) is 5.71. The van der Waals surface area contributed by atoms with Crippen LogP contribution in [0.3, 0.4) is 0 Å². The maximum Gasteiger partial charge on any atom is 0.410 e. The van der Waals surface area contributed by atoms with Crippen molar-refractivity contribution in [2.75, 3.05) is 19.8 Å². The molecule has 0 unspecified atom stereocenters. The van der Waals surface area contributed by atoms with Crippen LogP contribution in [-0.2, 0) is 27.2 Å². The number of amides is 1. The van der Waals surface area contributed by atoms with E-state index in [4.69, 9.17) is 25.8 Å². The van der Waals surface area contributed by atoms with Gasteiger partial charge in [0.05, 0.1) is 6.61 Å². The molecule has 0 saturated carbocycles. The summed E-state index contributed by atoms with van der Waals surface area (Å²) in [5.74, 6) is -0.417. The first-order valence-corrected chi connectivity index (χ1v) is 10.8. The molecule has 3 rings (SSSR count). The van der Waals surface area contributed by atoms with E-state index in [2.05, 4.69) is 0 Å². The van der Waals surface area contributed by atoms with E-state index in [0.717, 1.165) is 0 Å². The third-order valence-corrected chi connectivity index (χ3v) is 5.12. The fourth-order valence-electron chi connectivity index (χ4n) is 3.54. The van der Waals surface area contributed by atoms with Crippen LogP contribution in [0.1, 0.15) is 38.8 Å². The number of hydrogen-bond donors (Lipinski definition) is 0. The average Bonchev–Trinajstić information content (AvgIpc) is 2.72. The molecule has 0 N–H and O–H groups in total. The lowest BCUT2D eigenvalue weighted by Gasteiger charge is -2.32. The van der Waals surface area contributed by atoms with Gasteiger partial charge in [0.1, 0.15) is 17.2 Å². The lowest BCUT2D eigenvalue weighted by molar-refractivity contribution is -0.145. The van der Waals surface area contributed by atoms with E-state index in [-0.39, 0.29) is 25.6 Å². The molecular formula is C24H27ClFNO5. The average molecular weight is 464 g/mol. The van der Waals surface area contributed by atoms with Crippen molar-refractivity contribution in [1.82, 2.24) is 4.90 Å². The van der Waals surface area contributed by atoms with E-state index < -0.39 is 17.7 Å². The van der Waals surface area contributed by atoms with Gasteiger partial charge < -0.3 is 19.1 Å². The molecule has 0 fully saturated rings. The maximum atomic E-state index is 14.6. The summed E-state index contributed by atoms with van der Waals surface area (Å²) < 4.78 is 30.7. The van der Waals surface area contributed by atoms with Crippen molar-refractivity contribution in [1.29, 1.82) is 0 Å². The van der Waals surface area contributed by atoms with Gasteiger partial charge in [-0.2, -0.15) is 0 Å². The Morgan fingerprint density at radius 3 is 2.56 bits per heavy atom. The van der Waals surface area contributed by atoms with Gasteiger partial charge in [0.25, 0.3) is 0 Å². The minimum Gasteiger partial charge on any atom is -0.481 e. The summed E-state index contributed by atoms with van der Waals surface area (Å²) in [5, 5.41) is 0.460. The Kier molecular flexibility index (Phi) is 7.29. The minimum absolute atomic E-state index is 0.182. The van der Waals surface area contributed by atoms with Crippen LogP contribution in [0.5, 0.6) is 5.75 Å². The number of carbonyl (C=O) groups excluding carboxylic acids is 2. The first-order chi connectivity index (χ1) is 15.1. The van der Waals surface area contributed by atoms with Crippen LogP contribution >= 0.6 is 11.6 Å². The molecule has 0 spiro atoms. The van der Waals surface area contributed by atoms with Gasteiger partial charge in [-0.15, -0.1) is 0 Å². The summed E-state index contributed by atoms with van der Waals surface area (Å²) in [6.45, 7) is 7.63. The Labute approximate surface area is 192 Å². The molecular weight excluding hydrogens is 437 g/mol. The zero-order valence-corrected chi connectivity index (χ0v) is 19.4. The highest BCUT2D eigenvalue weighted by atomic mass is 35.5. The van der Waals surface area contributed by atoms with E-state index in [1.54, 1.807) is 56.9 Å². The highest BCUT2D eigenvalue weighted by Gasteiger charge is 2.29. The van der Waals surface area contributed by atoms with Gasteiger partial charge >= 0.3 is 12.1 Å². The number of fused-ring (bicyclic) bond motifs is 1. The smallest absolute Gasteiger partial charge is 0.410 e. The van der Waals surface area contributed by atoms with Gasteiger partial charge in [-0.05, 0) is 75.1 Å². The zero-order chi connectivity index (χ0) is 23.5. The summed E-state index contributed by atoms with van der Waals surface area (Å²) >= 11 is 6.24. The Morgan fingerprint density at radius 2 is 1.88 bits per heavy atom. The predicted octanol–water partition coefficient (Wildman–Crippen LogP) is 5.38. The van der Waals surface area contributed by atoms with E-state index in [0.29, 0.717) is 46.0 Å². The summed E-state index contributed by atoms with van der Waals surface area (Å²) in [6, 6.07) is 8.03. The zero-order valence-electron chi connectivity index (χ0n) is 18.7. The molecule has 0 radical (unpaired) electrons. The fourth-order valence-corrected chi connectivity index (χ4v) is 3.72. The Balaban J connectivity index is 1.98. The molecule has 1 amide bonds.